The maximum absolute atomic E-state index is 5.88. The standard InChI is InChI=1S/C15H32N2O/c1-3-9-16-10-7-8-15(2)18-14-13-17-11-5-4-6-12-17/h15-16H,3-14H2,1-2H3. The number of nitrogens with zero attached hydrogens (tertiary/aromatic N) is 1. The topological polar surface area (TPSA) is 24.5 Å². The molecule has 1 heterocycles. The zero-order valence-electron chi connectivity index (χ0n) is 12.4. The smallest absolute Gasteiger partial charge is 0.0597 e. The monoisotopic (exact) mass is 256 g/mol. The SMILES string of the molecule is CCCNCCCC(C)OCCN1CCCCC1. The highest BCUT2D eigenvalue weighted by Gasteiger charge is 2.10. The van der Waals surface area contributed by atoms with E-state index < -0.39 is 0 Å². The van der Waals surface area contributed by atoms with E-state index in [0.29, 0.717) is 6.10 Å². The van der Waals surface area contributed by atoms with Gasteiger partial charge in [-0.15, -0.1) is 0 Å². The van der Waals surface area contributed by atoms with Crippen LogP contribution in [-0.2, 0) is 4.74 Å². The van der Waals surface area contributed by atoms with Crippen LogP contribution in [0.2, 0.25) is 0 Å². The van der Waals surface area contributed by atoms with E-state index >= 15 is 0 Å². The van der Waals surface area contributed by atoms with E-state index in [1.165, 1.54) is 51.6 Å². The van der Waals surface area contributed by atoms with Crippen LogP contribution in [0, 0.1) is 0 Å². The molecule has 0 aromatic rings. The van der Waals surface area contributed by atoms with Crippen molar-refractivity contribution in [3.8, 4) is 0 Å². The second kappa shape index (κ2) is 10.8. The van der Waals surface area contributed by atoms with Crippen molar-refractivity contribution in [1.29, 1.82) is 0 Å². The Labute approximate surface area is 113 Å². The second-order valence-electron chi connectivity index (χ2n) is 5.48. The Hall–Kier alpha value is -0.120. The molecular weight excluding hydrogens is 224 g/mol. The molecule has 18 heavy (non-hydrogen) atoms. The van der Waals surface area contributed by atoms with Gasteiger partial charge in [0.25, 0.3) is 0 Å². The predicted molar refractivity (Wildman–Crippen MR) is 78.1 cm³/mol. The van der Waals surface area contributed by atoms with Crippen molar-refractivity contribution in [2.45, 2.75) is 58.5 Å². The van der Waals surface area contributed by atoms with Gasteiger partial charge in [-0.05, 0) is 65.2 Å². The first-order valence-corrected chi connectivity index (χ1v) is 7.87. The van der Waals surface area contributed by atoms with Gasteiger partial charge in [-0.3, -0.25) is 0 Å². The summed E-state index contributed by atoms with van der Waals surface area (Å²) >= 11 is 0. The summed E-state index contributed by atoms with van der Waals surface area (Å²) in [4.78, 5) is 2.54. The quantitative estimate of drug-likeness (QED) is 0.608. The number of likely N-dealkylation sites (tertiary alicyclic amines) is 1. The average Bonchev–Trinajstić information content (AvgIpc) is 2.40. The van der Waals surface area contributed by atoms with Crippen LogP contribution in [-0.4, -0.2) is 50.3 Å². The van der Waals surface area contributed by atoms with Crippen LogP contribution in [0.25, 0.3) is 0 Å². The minimum Gasteiger partial charge on any atom is -0.377 e. The first-order chi connectivity index (χ1) is 8.83. The zero-order chi connectivity index (χ0) is 13.1. The molecule has 3 heteroatoms. The molecule has 1 fully saturated rings. The van der Waals surface area contributed by atoms with Gasteiger partial charge in [-0.1, -0.05) is 13.3 Å². The number of nitrogens with one attached hydrogen (secondary N) is 1. The molecular formula is C15H32N2O. The van der Waals surface area contributed by atoms with Crippen molar-refractivity contribution in [3.05, 3.63) is 0 Å². The molecule has 0 amide bonds. The van der Waals surface area contributed by atoms with E-state index in [1.54, 1.807) is 0 Å². The summed E-state index contributed by atoms with van der Waals surface area (Å²) in [6, 6.07) is 0. The first kappa shape index (κ1) is 15.9. The van der Waals surface area contributed by atoms with Gasteiger partial charge in [0.2, 0.25) is 0 Å². The Morgan fingerprint density at radius 2 is 1.94 bits per heavy atom. The minimum atomic E-state index is 0.415. The summed E-state index contributed by atoms with van der Waals surface area (Å²) in [5, 5.41) is 3.43. The highest BCUT2D eigenvalue weighted by atomic mass is 16.5. The molecule has 0 saturated carbocycles. The fourth-order valence-corrected chi connectivity index (χ4v) is 2.47. The van der Waals surface area contributed by atoms with E-state index in [4.69, 9.17) is 4.74 Å². The summed E-state index contributed by atoms with van der Waals surface area (Å²) in [6.45, 7) is 11.3. The van der Waals surface area contributed by atoms with Crippen molar-refractivity contribution in [2.24, 2.45) is 0 Å². The maximum atomic E-state index is 5.88. The summed E-state index contributed by atoms with van der Waals surface area (Å²) in [5.41, 5.74) is 0. The highest BCUT2D eigenvalue weighted by molar-refractivity contribution is 4.64. The van der Waals surface area contributed by atoms with Crippen molar-refractivity contribution in [2.75, 3.05) is 39.3 Å². The molecule has 108 valence electrons. The lowest BCUT2D eigenvalue weighted by molar-refractivity contribution is 0.0393. The van der Waals surface area contributed by atoms with Crippen LogP contribution in [0.5, 0.6) is 0 Å². The van der Waals surface area contributed by atoms with E-state index in [0.717, 1.165) is 26.2 Å². The molecule has 0 aliphatic carbocycles. The minimum absolute atomic E-state index is 0.415. The summed E-state index contributed by atoms with van der Waals surface area (Å²) < 4.78 is 5.88. The molecule has 3 nitrogen and oxygen atoms in total. The lowest BCUT2D eigenvalue weighted by atomic mass is 10.1. The van der Waals surface area contributed by atoms with Gasteiger partial charge in [-0.25, -0.2) is 0 Å². The normalized spacial score (nSPS) is 19.0. The van der Waals surface area contributed by atoms with Crippen molar-refractivity contribution >= 4 is 0 Å². The number of hydrogen-bond acceptors (Lipinski definition) is 3. The molecule has 1 N–H and O–H groups in total. The molecule has 1 aliphatic rings. The fraction of sp³-hybridized carbons (Fsp3) is 1.00. The molecule has 0 radical (unpaired) electrons. The number of ether oxygens (including phenoxy) is 1. The third-order valence-electron chi connectivity index (χ3n) is 3.65. The second-order valence-corrected chi connectivity index (χ2v) is 5.48. The predicted octanol–water partition coefficient (Wildman–Crippen LogP) is 2.66. The van der Waals surface area contributed by atoms with Gasteiger partial charge < -0.3 is 15.0 Å². The molecule has 1 atom stereocenters. The third-order valence-corrected chi connectivity index (χ3v) is 3.65. The van der Waals surface area contributed by atoms with E-state index in [1.807, 2.05) is 0 Å². The average molecular weight is 256 g/mol. The lowest BCUT2D eigenvalue weighted by Gasteiger charge is -2.26. The van der Waals surface area contributed by atoms with Crippen LogP contribution in [0.3, 0.4) is 0 Å². The first-order valence-electron chi connectivity index (χ1n) is 7.87. The van der Waals surface area contributed by atoms with Crippen LogP contribution in [0.4, 0.5) is 0 Å². The Morgan fingerprint density at radius 3 is 2.67 bits per heavy atom. The Morgan fingerprint density at radius 1 is 1.17 bits per heavy atom. The molecule has 1 aliphatic heterocycles. The molecule has 0 aromatic carbocycles. The zero-order valence-corrected chi connectivity index (χ0v) is 12.4. The molecule has 0 bridgehead atoms. The maximum Gasteiger partial charge on any atom is 0.0597 e. The Balaban J connectivity index is 1.88. The van der Waals surface area contributed by atoms with Crippen molar-refractivity contribution in [3.63, 3.8) is 0 Å². The van der Waals surface area contributed by atoms with E-state index in [9.17, 15) is 0 Å². The highest BCUT2D eigenvalue weighted by Crippen LogP contribution is 2.08. The fourth-order valence-electron chi connectivity index (χ4n) is 2.47. The number of hydrogen-bond donors (Lipinski definition) is 1. The van der Waals surface area contributed by atoms with Crippen molar-refractivity contribution in [1.82, 2.24) is 10.2 Å². The summed E-state index contributed by atoms with van der Waals surface area (Å²) in [6.07, 6.45) is 8.21. The van der Waals surface area contributed by atoms with E-state index in [2.05, 4.69) is 24.1 Å². The van der Waals surface area contributed by atoms with Gasteiger partial charge in [-0.2, -0.15) is 0 Å². The van der Waals surface area contributed by atoms with Gasteiger partial charge in [0.1, 0.15) is 0 Å². The lowest BCUT2D eigenvalue weighted by Crippen LogP contribution is -2.33. The van der Waals surface area contributed by atoms with E-state index in [-0.39, 0.29) is 0 Å². The van der Waals surface area contributed by atoms with Gasteiger partial charge in [0, 0.05) is 6.54 Å². The van der Waals surface area contributed by atoms with Gasteiger partial charge >= 0.3 is 0 Å². The Bertz CT molecular complexity index is 181. The van der Waals surface area contributed by atoms with Crippen LogP contribution < -0.4 is 5.32 Å². The molecule has 0 aromatic heterocycles. The van der Waals surface area contributed by atoms with Crippen LogP contribution >= 0.6 is 0 Å². The van der Waals surface area contributed by atoms with Crippen molar-refractivity contribution < 1.29 is 4.74 Å². The largest absolute Gasteiger partial charge is 0.377 e. The number of piperidine rings is 1. The van der Waals surface area contributed by atoms with Gasteiger partial charge in [0.15, 0.2) is 0 Å². The molecule has 1 rings (SSSR count). The summed E-state index contributed by atoms with van der Waals surface area (Å²) in [5.74, 6) is 0. The van der Waals surface area contributed by atoms with Gasteiger partial charge in [0.05, 0.1) is 12.7 Å². The third kappa shape index (κ3) is 8.06. The molecule has 1 saturated heterocycles. The Kier molecular flexibility index (Phi) is 9.54. The molecule has 0 spiro atoms. The number of rotatable bonds is 10. The molecule has 1 unspecified atom stereocenters. The van der Waals surface area contributed by atoms with Crippen LogP contribution in [0.1, 0.15) is 52.4 Å². The summed E-state index contributed by atoms with van der Waals surface area (Å²) in [7, 11) is 0. The van der Waals surface area contributed by atoms with Crippen LogP contribution in [0.15, 0.2) is 0 Å².